The van der Waals surface area contributed by atoms with Crippen molar-refractivity contribution in [3.63, 3.8) is 0 Å². The molecule has 0 amide bonds. The van der Waals surface area contributed by atoms with Gasteiger partial charge < -0.3 is 8.98 Å². The van der Waals surface area contributed by atoms with Crippen molar-refractivity contribution in [3.8, 4) is 11.6 Å². The maximum Gasteiger partial charge on any atom is 0.185 e. The molecule has 4 nitrogen and oxygen atoms in total. The van der Waals surface area contributed by atoms with Crippen molar-refractivity contribution in [1.29, 1.82) is 0 Å². The Morgan fingerprint density at radius 3 is 3.07 bits per heavy atom. The molecule has 0 saturated carbocycles. The molecule has 2 aromatic rings. The first-order valence-corrected chi connectivity index (χ1v) is 4.41. The van der Waals surface area contributed by atoms with Gasteiger partial charge >= 0.3 is 0 Å². The molecule has 14 heavy (non-hydrogen) atoms. The van der Waals surface area contributed by atoms with Crippen molar-refractivity contribution in [2.24, 2.45) is 0 Å². The van der Waals surface area contributed by atoms with E-state index in [2.05, 4.69) is 4.98 Å². The molecule has 2 rings (SSSR count). The van der Waals surface area contributed by atoms with Crippen LogP contribution < -0.4 is 0 Å². The summed E-state index contributed by atoms with van der Waals surface area (Å²) in [4.78, 5) is 14.6. The van der Waals surface area contributed by atoms with Crippen LogP contribution in [0, 0.1) is 0 Å². The Bertz CT molecular complexity index is 442. The van der Waals surface area contributed by atoms with Crippen LogP contribution in [0.4, 0.5) is 0 Å². The fraction of sp³-hybridized carbons (Fsp3) is 0.200. The molecule has 0 aliphatic heterocycles. The fourth-order valence-corrected chi connectivity index (χ4v) is 1.33. The maximum absolute atomic E-state index is 10.4. The van der Waals surface area contributed by atoms with E-state index in [1.807, 2.05) is 17.7 Å². The van der Waals surface area contributed by atoms with Crippen molar-refractivity contribution < 1.29 is 9.21 Å². The summed E-state index contributed by atoms with van der Waals surface area (Å²) in [7, 11) is 0. The zero-order valence-electron chi connectivity index (χ0n) is 7.80. The van der Waals surface area contributed by atoms with Crippen molar-refractivity contribution >= 4 is 6.29 Å². The topological polar surface area (TPSA) is 48.0 Å². The van der Waals surface area contributed by atoms with Crippen LogP contribution in [0.5, 0.6) is 0 Å². The van der Waals surface area contributed by atoms with Gasteiger partial charge in [0.25, 0.3) is 0 Å². The third-order valence-corrected chi connectivity index (χ3v) is 2.02. The molecule has 0 aliphatic rings. The minimum absolute atomic E-state index is 0.325. The molecule has 0 spiro atoms. The zero-order valence-corrected chi connectivity index (χ0v) is 7.80. The second-order valence-electron chi connectivity index (χ2n) is 2.86. The van der Waals surface area contributed by atoms with Gasteiger partial charge in [0.2, 0.25) is 0 Å². The quantitative estimate of drug-likeness (QED) is 0.695. The summed E-state index contributed by atoms with van der Waals surface area (Å²) in [6, 6.07) is 3.38. The van der Waals surface area contributed by atoms with Gasteiger partial charge in [-0.15, -0.1) is 0 Å². The van der Waals surface area contributed by atoms with Crippen LogP contribution in [0.3, 0.4) is 0 Å². The number of carbonyl (C=O) groups excluding carboxylic acids is 1. The van der Waals surface area contributed by atoms with E-state index < -0.39 is 0 Å². The lowest BCUT2D eigenvalue weighted by Crippen LogP contribution is -1.94. The van der Waals surface area contributed by atoms with Crippen molar-refractivity contribution in [2.75, 3.05) is 0 Å². The van der Waals surface area contributed by atoms with Crippen molar-refractivity contribution in [3.05, 3.63) is 30.3 Å². The first-order valence-electron chi connectivity index (χ1n) is 4.41. The van der Waals surface area contributed by atoms with E-state index in [4.69, 9.17) is 4.42 Å². The molecule has 2 aromatic heterocycles. The van der Waals surface area contributed by atoms with E-state index in [1.54, 1.807) is 18.3 Å². The number of furan rings is 1. The van der Waals surface area contributed by atoms with Crippen molar-refractivity contribution in [2.45, 2.75) is 13.5 Å². The Labute approximate surface area is 81.2 Å². The highest BCUT2D eigenvalue weighted by Gasteiger charge is 2.08. The third-order valence-electron chi connectivity index (χ3n) is 2.02. The molecule has 2 heterocycles. The average Bonchev–Trinajstić information content (AvgIpc) is 2.85. The van der Waals surface area contributed by atoms with Crippen LogP contribution in [0.15, 0.2) is 28.9 Å². The lowest BCUT2D eigenvalue weighted by atomic mass is 10.4. The lowest BCUT2D eigenvalue weighted by molar-refractivity contribution is 0.110. The summed E-state index contributed by atoms with van der Waals surface area (Å²) in [5, 5.41) is 0. The Kier molecular flexibility index (Phi) is 2.18. The van der Waals surface area contributed by atoms with E-state index in [0.717, 1.165) is 12.4 Å². The molecule has 0 radical (unpaired) electrons. The highest BCUT2D eigenvalue weighted by Crippen LogP contribution is 2.19. The molecule has 4 heteroatoms. The summed E-state index contributed by atoms with van der Waals surface area (Å²) < 4.78 is 7.22. The van der Waals surface area contributed by atoms with Crippen LogP contribution in [-0.2, 0) is 6.54 Å². The molecule has 0 unspecified atom stereocenters. The van der Waals surface area contributed by atoms with Gasteiger partial charge in [-0.1, -0.05) is 0 Å². The van der Waals surface area contributed by atoms with Gasteiger partial charge in [0, 0.05) is 18.9 Å². The summed E-state index contributed by atoms with van der Waals surface area (Å²) in [5.41, 5.74) is 0. The summed E-state index contributed by atoms with van der Waals surface area (Å²) in [5.74, 6) is 1.70. The maximum atomic E-state index is 10.4. The largest absolute Gasteiger partial charge is 0.450 e. The van der Waals surface area contributed by atoms with E-state index in [9.17, 15) is 4.79 Å². The van der Waals surface area contributed by atoms with Crippen LogP contribution >= 0.6 is 0 Å². The Hall–Kier alpha value is -1.84. The average molecular weight is 190 g/mol. The Morgan fingerprint density at radius 1 is 1.57 bits per heavy atom. The molecule has 0 bridgehead atoms. The lowest BCUT2D eigenvalue weighted by Gasteiger charge is -2.00. The first kappa shape index (κ1) is 8.74. The molecule has 0 aliphatic carbocycles. The minimum atomic E-state index is 0.325. The van der Waals surface area contributed by atoms with Gasteiger partial charge in [-0.25, -0.2) is 4.98 Å². The number of hydrogen-bond acceptors (Lipinski definition) is 3. The number of rotatable bonds is 3. The van der Waals surface area contributed by atoms with E-state index >= 15 is 0 Å². The summed E-state index contributed by atoms with van der Waals surface area (Å²) in [6.07, 6.45) is 4.27. The summed E-state index contributed by atoms with van der Waals surface area (Å²) in [6.45, 7) is 2.85. The van der Waals surface area contributed by atoms with Crippen LogP contribution in [0.1, 0.15) is 17.5 Å². The highest BCUT2D eigenvalue weighted by molar-refractivity contribution is 5.71. The predicted octanol–water partition coefficient (Wildman–Crippen LogP) is 1.98. The number of nitrogens with zero attached hydrogens (tertiary/aromatic N) is 2. The molecule has 72 valence electrons. The van der Waals surface area contributed by atoms with Gasteiger partial charge in [-0.2, -0.15) is 0 Å². The smallest absolute Gasteiger partial charge is 0.185 e. The summed E-state index contributed by atoms with van der Waals surface area (Å²) >= 11 is 0. The van der Waals surface area contributed by atoms with Crippen LogP contribution in [-0.4, -0.2) is 15.8 Å². The highest BCUT2D eigenvalue weighted by atomic mass is 16.3. The zero-order chi connectivity index (χ0) is 9.97. The normalized spacial score (nSPS) is 10.4. The molecule has 0 atom stereocenters. The number of imidazole rings is 1. The SMILES string of the molecule is CCn1ccnc1-c1ccc(C=O)o1. The molecule has 0 aromatic carbocycles. The van der Waals surface area contributed by atoms with E-state index in [-0.39, 0.29) is 0 Å². The monoisotopic (exact) mass is 190 g/mol. The standard InChI is InChI=1S/C10H10N2O2/c1-2-12-6-5-11-10(12)9-4-3-8(7-13)14-9/h3-7H,2H2,1H3. The molecule has 0 fully saturated rings. The fourth-order valence-electron chi connectivity index (χ4n) is 1.33. The Morgan fingerprint density at radius 2 is 2.43 bits per heavy atom. The van der Waals surface area contributed by atoms with Gasteiger partial charge in [-0.3, -0.25) is 4.79 Å². The molecule has 0 N–H and O–H groups in total. The van der Waals surface area contributed by atoms with Crippen LogP contribution in [0.2, 0.25) is 0 Å². The second-order valence-corrected chi connectivity index (χ2v) is 2.86. The number of hydrogen-bond donors (Lipinski definition) is 0. The number of aromatic nitrogens is 2. The number of aryl methyl sites for hydroxylation is 1. The third kappa shape index (κ3) is 1.35. The molecule has 0 saturated heterocycles. The van der Waals surface area contributed by atoms with E-state index in [0.29, 0.717) is 17.8 Å². The molecular weight excluding hydrogens is 180 g/mol. The molecular formula is C10H10N2O2. The predicted molar refractivity (Wildman–Crippen MR) is 51.0 cm³/mol. The van der Waals surface area contributed by atoms with Gasteiger partial charge in [0.1, 0.15) is 0 Å². The van der Waals surface area contributed by atoms with Crippen molar-refractivity contribution in [1.82, 2.24) is 9.55 Å². The van der Waals surface area contributed by atoms with E-state index in [1.165, 1.54) is 0 Å². The van der Waals surface area contributed by atoms with Crippen LogP contribution in [0.25, 0.3) is 11.6 Å². The Balaban J connectivity index is 2.43. The van der Waals surface area contributed by atoms with Gasteiger partial charge in [-0.05, 0) is 19.1 Å². The second kappa shape index (κ2) is 3.49. The number of carbonyl (C=O) groups is 1. The van der Waals surface area contributed by atoms with Gasteiger partial charge in [0.15, 0.2) is 23.6 Å². The number of aldehydes is 1. The minimum Gasteiger partial charge on any atom is -0.450 e. The van der Waals surface area contributed by atoms with Gasteiger partial charge in [0.05, 0.1) is 0 Å². The first-order chi connectivity index (χ1) is 6.85.